The van der Waals surface area contributed by atoms with Gasteiger partial charge in [0.1, 0.15) is 11.6 Å². The summed E-state index contributed by atoms with van der Waals surface area (Å²) in [7, 11) is 3.86. The maximum Gasteiger partial charge on any atom is 0.143 e. The molecule has 2 rings (SSSR count). The van der Waals surface area contributed by atoms with Crippen LogP contribution in [0.3, 0.4) is 0 Å². The van der Waals surface area contributed by atoms with Gasteiger partial charge in [-0.2, -0.15) is 0 Å². The first-order valence-corrected chi connectivity index (χ1v) is 6.07. The third-order valence-electron chi connectivity index (χ3n) is 3.14. The molecule has 0 aliphatic heterocycles. The second kappa shape index (κ2) is 5.31. The number of rotatable bonds is 4. The Labute approximate surface area is 107 Å². The summed E-state index contributed by atoms with van der Waals surface area (Å²) in [6, 6.07) is 6.75. The molecule has 18 heavy (non-hydrogen) atoms. The molecule has 0 amide bonds. The predicted octanol–water partition coefficient (Wildman–Crippen LogP) is 2.30. The molecule has 0 bridgehead atoms. The van der Waals surface area contributed by atoms with Crippen LogP contribution >= 0.6 is 0 Å². The van der Waals surface area contributed by atoms with Gasteiger partial charge in [-0.3, -0.25) is 0 Å². The van der Waals surface area contributed by atoms with Crippen LogP contribution in [-0.2, 0) is 13.5 Å². The smallest absolute Gasteiger partial charge is 0.143 e. The van der Waals surface area contributed by atoms with Crippen LogP contribution in [0.15, 0.2) is 24.3 Å². The number of halogens is 1. The van der Waals surface area contributed by atoms with Crippen molar-refractivity contribution < 1.29 is 4.39 Å². The molecular weight excluding hydrogens is 229 g/mol. The fraction of sp³-hybridized carbons (Fsp3) is 0.357. The quantitative estimate of drug-likeness (QED) is 0.898. The third-order valence-corrected chi connectivity index (χ3v) is 3.14. The van der Waals surface area contributed by atoms with Crippen molar-refractivity contribution in [3.05, 3.63) is 41.5 Å². The summed E-state index contributed by atoms with van der Waals surface area (Å²) in [5, 5.41) is 3.12. The molecule has 3 nitrogen and oxygen atoms in total. The van der Waals surface area contributed by atoms with Gasteiger partial charge in [0.25, 0.3) is 0 Å². The average molecular weight is 247 g/mol. The molecule has 1 heterocycles. The Morgan fingerprint density at radius 3 is 2.72 bits per heavy atom. The standard InChI is InChI=1S/C14H18FN3/c1-10-13(8-9-16-2)18(3)14(17-10)11-6-4-5-7-12(11)15/h4-7,16H,8-9H2,1-3H3. The van der Waals surface area contributed by atoms with E-state index in [-0.39, 0.29) is 5.82 Å². The Kier molecular flexibility index (Phi) is 3.77. The summed E-state index contributed by atoms with van der Waals surface area (Å²) in [6.07, 6.45) is 0.889. The highest BCUT2D eigenvalue weighted by atomic mass is 19.1. The summed E-state index contributed by atoms with van der Waals surface area (Å²) in [5.74, 6) is 0.461. The van der Waals surface area contributed by atoms with Gasteiger partial charge in [0.05, 0.1) is 11.3 Å². The summed E-state index contributed by atoms with van der Waals surface area (Å²) in [5.41, 5.74) is 2.66. The number of likely N-dealkylation sites (N-methyl/N-ethyl adjacent to an activating group) is 1. The lowest BCUT2D eigenvalue weighted by atomic mass is 10.2. The molecule has 0 spiro atoms. The Bertz CT molecular complexity index is 546. The zero-order valence-corrected chi connectivity index (χ0v) is 11.0. The molecule has 1 N–H and O–H groups in total. The SMILES string of the molecule is CNCCc1c(C)nc(-c2ccccc2F)n1C. The van der Waals surface area contributed by atoms with Gasteiger partial charge in [0.15, 0.2) is 0 Å². The van der Waals surface area contributed by atoms with E-state index in [4.69, 9.17) is 0 Å². The molecule has 0 atom stereocenters. The molecule has 0 radical (unpaired) electrons. The van der Waals surface area contributed by atoms with Crippen LogP contribution in [0.2, 0.25) is 0 Å². The lowest BCUT2D eigenvalue weighted by Gasteiger charge is -2.07. The first-order valence-electron chi connectivity index (χ1n) is 6.07. The molecule has 0 unspecified atom stereocenters. The van der Waals surface area contributed by atoms with E-state index in [0.29, 0.717) is 11.4 Å². The Morgan fingerprint density at radius 2 is 2.06 bits per heavy atom. The molecule has 4 heteroatoms. The maximum absolute atomic E-state index is 13.8. The number of aromatic nitrogens is 2. The molecule has 1 aromatic heterocycles. The Balaban J connectivity index is 2.44. The number of aryl methyl sites for hydroxylation is 1. The van der Waals surface area contributed by atoms with Gasteiger partial charge in [-0.1, -0.05) is 12.1 Å². The zero-order chi connectivity index (χ0) is 13.1. The molecule has 0 saturated heterocycles. The average Bonchev–Trinajstić information content (AvgIpc) is 2.63. The highest BCUT2D eigenvalue weighted by Gasteiger charge is 2.15. The van der Waals surface area contributed by atoms with E-state index >= 15 is 0 Å². The molecule has 1 aromatic carbocycles. The highest BCUT2D eigenvalue weighted by Crippen LogP contribution is 2.23. The van der Waals surface area contributed by atoms with Gasteiger partial charge < -0.3 is 9.88 Å². The summed E-state index contributed by atoms with van der Waals surface area (Å²) in [6.45, 7) is 2.85. The van der Waals surface area contributed by atoms with E-state index in [9.17, 15) is 4.39 Å². The first-order chi connectivity index (χ1) is 8.65. The fourth-order valence-electron chi connectivity index (χ4n) is 2.14. The van der Waals surface area contributed by atoms with Gasteiger partial charge >= 0.3 is 0 Å². The van der Waals surface area contributed by atoms with E-state index in [1.165, 1.54) is 6.07 Å². The number of hydrogen-bond donors (Lipinski definition) is 1. The van der Waals surface area contributed by atoms with E-state index in [0.717, 1.165) is 24.4 Å². The van der Waals surface area contributed by atoms with Crippen molar-refractivity contribution >= 4 is 0 Å². The number of nitrogens with zero attached hydrogens (tertiary/aromatic N) is 2. The van der Waals surface area contributed by atoms with Gasteiger partial charge in [-0.15, -0.1) is 0 Å². The van der Waals surface area contributed by atoms with Crippen molar-refractivity contribution in [2.24, 2.45) is 7.05 Å². The van der Waals surface area contributed by atoms with Crippen LogP contribution in [0.5, 0.6) is 0 Å². The summed E-state index contributed by atoms with van der Waals surface area (Å²) < 4.78 is 15.8. The maximum atomic E-state index is 13.8. The first kappa shape index (κ1) is 12.8. The number of benzene rings is 1. The number of nitrogens with one attached hydrogen (secondary N) is 1. The number of hydrogen-bond acceptors (Lipinski definition) is 2. The van der Waals surface area contributed by atoms with Crippen LogP contribution in [-0.4, -0.2) is 23.1 Å². The van der Waals surface area contributed by atoms with Crippen LogP contribution < -0.4 is 5.32 Å². The molecule has 96 valence electrons. The summed E-state index contributed by atoms with van der Waals surface area (Å²) >= 11 is 0. The van der Waals surface area contributed by atoms with Crippen LogP contribution in [0.4, 0.5) is 4.39 Å². The highest BCUT2D eigenvalue weighted by molar-refractivity contribution is 5.57. The second-order valence-corrected chi connectivity index (χ2v) is 4.36. The lowest BCUT2D eigenvalue weighted by Crippen LogP contribution is -2.13. The van der Waals surface area contributed by atoms with E-state index in [1.807, 2.05) is 31.7 Å². The van der Waals surface area contributed by atoms with Crippen molar-refractivity contribution in [3.63, 3.8) is 0 Å². The van der Waals surface area contributed by atoms with Crippen molar-refractivity contribution in [2.75, 3.05) is 13.6 Å². The van der Waals surface area contributed by atoms with E-state index < -0.39 is 0 Å². The van der Waals surface area contributed by atoms with Gasteiger partial charge in [-0.05, 0) is 26.1 Å². The van der Waals surface area contributed by atoms with Crippen LogP contribution in [0, 0.1) is 12.7 Å². The lowest BCUT2D eigenvalue weighted by molar-refractivity contribution is 0.628. The second-order valence-electron chi connectivity index (χ2n) is 4.36. The van der Waals surface area contributed by atoms with Crippen molar-refractivity contribution in [2.45, 2.75) is 13.3 Å². The van der Waals surface area contributed by atoms with Gasteiger partial charge in [0, 0.05) is 25.7 Å². The third kappa shape index (κ3) is 2.29. The van der Waals surface area contributed by atoms with Crippen molar-refractivity contribution in [1.82, 2.24) is 14.9 Å². The predicted molar refractivity (Wildman–Crippen MR) is 71.0 cm³/mol. The van der Waals surface area contributed by atoms with E-state index in [1.54, 1.807) is 12.1 Å². The summed E-state index contributed by atoms with van der Waals surface area (Å²) in [4.78, 5) is 4.49. The molecule has 0 aliphatic rings. The minimum absolute atomic E-state index is 0.231. The van der Waals surface area contributed by atoms with E-state index in [2.05, 4.69) is 10.3 Å². The molecule has 0 saturated carbocycles. The zero-order valence-electron chi connectivity index (χ0n) is 11.0. The van der Waals surface area contributed by atoms with Crippen molar-refractivity contribution in [1.29, 1.82) is 0 Å². The molecular formula is C14H18FN3. The monoisotopic (exact) mass is 247 g/mol. The van der Waals surface area contributed by atoms with Crippen LogP contribution in [0.25, 0.3) is 11.4 Å². The molecule has 2 aromatic rings. The minimum atomic E-state index is -0.231. The van der Waals surface area contributed by atoms with Crippen LogP contribution in [0.1, 0.15) is 11.4 Å². The topological polar surface area (TPSA) is 29.9 Å². The molecule has 0 fully saturated rings. The fourth-order valence-corrected chi connectivity index (χ4v) is 2.14. The van der Waals surface area contributed by atoms with Crippen molar-refractivity contribution in [3.8, 4) is 11.4 Å². The Morgan fingerprint density at radius 1 is 1.33 bits per heavy atom. The largest absolute Gasteiger partial charge is 0.331 e. The minimum Gasteiger partial charge on any atom is -0.331 e. The normalized spacial score (nSPS) is 10.9. The number of imidazole rings is 1. The van der Waals surface area contributed by atoms with Gasteiger partial charge in [0.2, 0.25) is 0 Å². The Hall–Kier alpha value is -1.68. The van der Waals surface area contributed by atoms with Gasteiger partial charge in [-0.25, -0.2) is 9.37 Å². The molecule has 0 aliphatic carbocycles.